The molecule has 1 aromatic carbocycles. The maximum Gasteiger partial charge on any atom is 0.387 e. The molecule has 1 aromatic heterocycles. The van der Waals surface area contributed by atoms with Crippen molar-refractivity contribution in [2.45, 2.75) is 6.61 Å². The Labute approximate surface area is 129 Å². The topological polar surface area (TPSA) is 99.5 Å². The molecule has 7 nitrogen and oxygen atoms in total. The molecule has 0 saturated carbocycles. The van der Waals surface area contributed by atoms with Gasteiger partial charge in [-0.25, -0.2) is 4.39 Å². The number of hydrogen-bond donors (Lipinski definition) is 2. The van der Waals surface area contributed by atoms with Crippen LogP contribution in [0.15, 0.2) is 22.8 Å². The highest BCUT2D eigenvalue weighted by atomic mass is 79.9. The number of halogens is 4. The Bertz CT molecular complexity index is 728. The van der Waals surface area contributed by atoms with Gasteiger partial charge in [-0.05, 0) is 27.2 Å². The fraction of sp³-hybridized carbons (Fsp3) is 0.0909. The standard InChI is InChI=1S/C11H6BrF3N6O/c12-7-1-6(13)2-8(9(7)22-11(14)15)17-4-5(3-16)10-18-20-21-19-10/h1-2,4,11,17H,(H,18,19,20,21). The van der Waals surface area contributed by atoms with Crippen molar-refractivity contribution in [1.29, 1.82) is 5.26 Å². The molecule has 0 fully saturated rings. The predicted octanol–water partition coefficient (Wildman–Crippen LogP) is 2.68. The number of nitriles is 1. The van der Waals surface area contributed by atoms with Gasteiger partial charge in [0.15, 0.2) is 5.75 Å². The second-order valence-electron chi connectivity index (χ2n) is 3.69. The van der Waals surface area contributed by atoms with Crippen molar-refractivity contribution < 1.29 is 17.9 Å². The van der Waals surface area contributed by atoms with E-state index in [-0.39, 0.29) is 27.3 Å². The molecule has 0 aliphatic rings. The number of tetrazole rings is 1. The van der Waals surface area contributed by atoms with Crippen LogP contribution in [-0.4, -0.2) is 27.2 Å². The first-order valence-corrected chi connectivity index (χ1v) is 6.35. The van der Waals surface area contributed by atoms with Gasteiger partial charge in [0, 0.05) is 12.3 Å². The van der Waals surface area contributed by atoms with Gasteiger partial charge in [-0.1, -0.05) is 0 Å². The third kappa shape index (κ3) is 3.73. The van der Waals surface area contributed by atoms with Crippen LogP contribution in [0.3, 0.4) is 0 Å². The number of alkyl halides is 2. The Kier molecular flexibility index (Phi) is 4.95. The van der Waals surface area contributed by atoms with Crippen LogP contribution in [0.5, 0.6) is 5.75 Å². The van der Waals surface area contributed by atoms with Gasteiger partial charge in [0.1, 0.15) is 17.5 Å². The Morgan fingerprint density at radius 3 is 2.86 bits per heavy atom. The number of H-pyrrole nitrogens is 1. The molecular formula is C11H6BrF3N6O. The number of ether oxygens (including phenoxy) is 1. The van der Waals surface area contributed by atoms with Crippen LogP contribution in [0, 0.1) is 17.1 Å². The second-order valence-corrected chi connectivity index (χ2v) is 4.55. The minimum atomic E-state index is -3.10. The van der Waals surface area contributed by atoms with Gasteiger partial charge in [0.25, 0.3) is 0 Å². The average molecular weight is 375 g/mol. The maximum atomic E-state index is 13.4. The lowest BCUT2D eigenvalue weighted by molar-refractivity contribution is -0.0498. The number of benzene rings is 1. The number of aromatic amines is 1. The molecule has 0 atom stereocenters. The molecule has 11 heteroatoms. The van der Waals surface area contributed by atoms with Crippen LogP contribution in [0.25, 0.3) is 5.57 Å². The first-order chi connectivity index (χ1) is 10.5. The molecular weight excluding hydrogens is 369 g/mol. The van der Waals surface area contributed by atoms with E-state index >= 15 is 0 Å². The van der Waals surface area contributed by atoms with Gasteiger partial charge in [0.05, 0.1) is 10.2 Å². The lowest BCUT2D eigenvalue weighted by Gasteiger charge is -2.12. The van der Waals surface area contributed by atoms with Gasteiger partial charge >= 0.3 is 6.61 Å². The molecule has 0 unspecified atom stereocenters. The fourth-order valence-electron chi connectivity index (χ4n) is 1.45. The van der Waals surface area contributed by atoms with Crippen molar-refractivity contribution in [1.82, 2.24) is 20.6 Å². The zero-order valence-electron chi connectivity index (χ0n) is 10.5. The Balaban J connectivity index is 2.34. The number of hydrogen-bond acceptors (Lipinski definition) is 6. The van der Waals surface area contributed by atoms with Crippen LogP contribution < -0.4 is 10.1 Å². The first kappa shape index (κ1) is 15.8. The van der Waals surface area contributed by atoms with Crippen LogP contribution in [0.2, 0.25) is 0 Å². The van der Waals surface area contributed by atoms with E-state index in [9.17, 15) is 13.2 Å². The molecule has 0 radical (unpaired) electrons. The second kappa shape index (κ2) is 6.90. The van der Waals surface area contributed by atoms with E-state index in [0.29, 0.717) is 0 Å². The van der Waals surface area contributed by atoms with E-state index in [4.69, 9.17) is 5.26 Å². The Hall–Kier alpha value is -2.61. The van der Waals surface area contributed by atoms with Crippen molar-refractivity contribution in [2.75, 3.05) is 5.32 Å². The quantitative estimate of drug-likeness (QED) is 0.780. The number of anilines is 1. The minimum absolute atomic E-state index is 0.0122. The van der Waals surface area contributed by atoms with Gasteiger partial charge in [-0.3, -0.25) is 0 Å². The summed E-state index contributed by atoms with van der Waals surface area (Å²) in [7, 11) is 0. The summed E-state index contributed by atoms with van der Waals surface area (Å²) in [5.41, 5.74) is -0.152. The van der Waals surface area contributed by atoms with Crippen molar-refractivity contribution >= 4 is 27.2 Å². The molecule has 0 bridgehead atoms. The molecule has 2 N–H and O–H groups in total. The molecule has 2 aromatic rings. The van der Waals surface area contributed by atoms with Crippen LogP contribution in [0.1, 0.15) is 5.82 Å². The minimum Gasteiger partial charge on any atom is -0.431 e. The van der Waals surface area contributed by atoms with Crippen LogP contribution in [-0.2, 0) is 0 Å². The highest BCUT2D eigenvalue weighted by molar-refractivity contribution is 9.10. The average Bonchev–Trinajstić information content (AvgIpc) is 2.97. The number of nitrogens with zero attached hydrogens (tertiary/aromatic N) is 4. The van der Waals surface area contributed by atoms with E-state index in [0.717, 1.165) is 18.3 Å². The predicted molar refractivity (Wildman–Crippen MR) is 72.1 cm³/mol. The molecule has 0 aliphatic carbocycles. The van der Waals surface area contributed by atoms with Crippen molar-refractivity contribution in [3.63, 3.8) is 0 Å². The molecule has 0 amide bonds. The number of aromatic nitrogens is 4. The monoisotopic (exact) mass is 374 g/mol. The third-order valence-corrected chi connectivity index (χ3v) is 2.88. The van der Waals surface area contributed by atoms with E-state index in [1.165, 1.54) is 0 Å². The van der Waals surface area contributed by atoms with E-state index in [1.54, 1.807) is 6.07 Å². The highest BCUT2D eigenvalue weighted by Gasteiger charge is 2.15. The summed E-state index contributed by atoms with van der Waals surface area (Å²) in [4.78, 5) is 0. The van der Waals surface area contributed by atoms with Crippen LogP contribution in [0.4, 0.5) is 18.9 Å². The summed E-state index contributed by atoms with van der Waals surface area (Å²) in [6.45, 7) is -3.10. The largest absolute Gasteiger partial charge is 0.431 e. The number of nitrogens with one attached hydrogen (secondary N) is 2. The van der Waals surface area contributed by atoms with Crippen molar-refractivity contribution in [3.05, 3.63) is 34.4 Å². The zero-order valence-corrected chi connectivity index (χ0v) is 12.1. The van der Waals surface area contributed by atoms with Crippen LogP contribution >= 0.6 is 15.9 Å². The maximum absolute atomic E-state index is 13.4. The Morgan fingerprint density at radius 1 is 1.50 bits per heavy atom. The SMILES string of the molecule is N#CC(=CNc1cc(F)cc(Br)c1OC(F)F)c1nn[nH]n1. The molecule has 2 rings (SSSR count). The lowest BCUT2D eigenvalue weighted by Crippen LogP contribution is -2.06. The highest BCUT2D eigenvalue weighted by Crippen LogP contribution is 2.35. The summed E-state index contributed by atoms with van der Waals surface area (Å²) in [5.74, 6) is -1.01. The van der Waals surface area contributed by atoms with E-state index < -0.39 is 12.4 Å². The summed E-state index contributed by atoms with van der Waals surface area (Å²) in [6, 6.07) is 3.69. The third-order valence-electron chi connectivity index (χ3n) is 2.29. The molecule has 1 heterocycles. The summed E-state index contributed by atoms with van der Waals surface area (Å²) >= 11 is 2.93. The smallest absolute Gasteiger partial charge is 0.387 e. The van der Waals surface area contributed by atoms with Crippen molar-refractivity contribution in [3.8, 4) is 11.8 Å². The number of allylic oxidation sites excluding steroid dienone is 1. The number of rotatable bonds is 5. The lowest BCUT2D eigenvalue weighted by atomic mass is 10.2. The van der Waals surface area contributed by atoms with Gasteiger partial charge in [-0.15, -0.1) is 10.2 Å². The first-order valence-electron chi connectivity index (χ1n) is 5.55. The molecule has 22 heavy (non-hydrogen) atoms. The van der Waals surface area contributed by atoms with Gasteiger partial charge < -0.3 is 10.1 Å². The normalized spacial score (nSPS) is 11.4. The summed E-state index contributed by atoms with van der Waals surface area (Å²) < 4.78 is 42.5. The fourth-order valence-corrected chi connectivity index (χ4v) is 1.97. The van der Waals surface area contributed by atoms with E-state index in [1.807, 2.05) is 0 Å². The van der Waals surface area contributed by atoms with Gasteiger partial charge in [0.2, 0.25) is 5.82 Å². The molecule has 114 valence electrons. The zero-order chi connectivity index (χ0) is 16.1. The van der Waals surface area contributed by atoms with Gasteiger partial charge in [-0.2, -0.15) is 19.3 Å². The molecule has 0 saturated heterocycles. The molecule has 0 spiro atoms. The summed E-state index contributed by atoms with van der Waals surface area (Å²) in [6.07, 6.45) is 1.12. The Morgan fingerprint density at radius 2 is 2.27 bits per heavy atom. The molecule has 0 aliphatic heterocycles. The van der Waals surface area contributed by atoms with E-state index in [2.05, 4.69) is 46.6 Å². The summed E-state index contributed by atoms with van der Waals surface area (Å²) in [5, 5.41) is 24.1. The van der Waals surface area contributed by atoms with Crippen molar-refractivity contribution in [2.24, 2.45) is 0 Å².